The van der Waals surface area contributed by atoms with Crippen molar-refractivity contribution in [3.63, 3.8) is 0 Å². The van der Waals surface area contributed by atoms with E-state index in [0.29, 0.717) is 12.5 Å². The summed E-state index contributed by atoms with van der Waals surface area (Å²) >= 11 is 0. The van der Waals surface area contributed by atoms with E-state index in [4.69, 9.17) is 4.74 Å². The Hall–Kier alpha value is -1.20. The predicted molar refractivity (Wildman–Crippen MR) is 55.5 cm³/mol. The lowest BCUT2D eigenvalue weighted by atomic mass is 9.80. The van der Waals surface area contributed by atoms with Gasteiger partial charge in [0.25, 0.3) is 0 Å². The molecule has 0 atom stereocenters. The van der Waals surface area contributed by atoms with Gasteiger partial charge in [-0.3, -0.25) is 0 Å². The van der Waals surface area contributed by atoms with Crippen LogP contribution >= 0.6 is 0 Å². The summed E-state index contributed by atoms with van der Waals surface area (Å²) in [5.41, 5.74) is -0.840. The van der Waals surface area contributed by atoms with E-state index in [-0.39, 0.29) is 12.4 Å². The molecule has 1 nitrogen and oxygen atoms in total. The fourth-order valence-electron chi connectivity index (χ4n) is 1.16. The van der Waals surface area contributed by atoms with Gasteiger partial charge in [0, 0.05) is 0 Å². The topological polar surface area (TPSA) is 9.23 Å². The van der Waals surface area contributed by atoms with Gasteiger partial charge in [-0.1, -0.05) is 19.4 Å². The standard InChI is InChI=1S/C10H12BF4O/c1-2-3-6-16-10-7-8(11(13,14)15)4-5-9(10)12/h4-5,7H,2-3,6H2,1H3/q-1. The minimum Gasteiger partial charge on any atom is -0.491 e. The van der Waals surface area contributed by atoms with Gasteiger partial charge in [0.2, 0.25) is 0 Å². The maximum absolute atomic E-state index is 13.1. The van der Waals surface area contributed by atoms with E-state index in [0.717, 1.165) is 18.6 Å². The number of rotatable bonds is 5. The van der Waals surface area contributed by atoms with E-state index >= 15 is 0 Å². The molecule has 1 aromatic rings. The normalized spacial score (nSPS) is 11.6. The summed E-state index contributed by atoms with van der Waals surface area (Å²) in [5.74, 6) is -1.09. The van der Waals surface area contributed by atoms with Gasteiger partial charge >= 0.3 is 6.98 Å². The van der Waals surface area contributed by atoms with Crippen molar-refractivity contribution in [2.24, 2.45) is 0 Å². The molecule has 0 radical (unpaired) electrons. The van der Waals surface area contributed by atoms with Crippen LogP contribution in [0.25, 0.3) is 0 Å². The molecule has 16 heavy (non-hydrogen) atoms. The van der Waals surface area contributed by atoms with Crippen molar-refractivity contribution < 1.29 is 22.1 Å². The maximum atomic E-state index is 13.1. The van der Waals surface area contributed by atoms with Crippen molar-refractivity contribution in [2.45, 2.75) is 19.8 Å². The number of hydrogen-bond acceptors (Lipinski definition) is 1. The van der Waals surface area contributed by atoms with Crippen LogP contribution in [0.5, 0.6) is 5.75 Å². The molecule has 1 aromatic carbocycles. The van der Waals surface area contributed by atoms with Crippen molar-refractivity contribution in [2.75, 3.05) is 6.61 Å². The van der Waals surface area contributed by atoms with E-state index in [9.17, 15) is 17.3 Å². The Kier molecular flexibility index (Phi) is 4.21. The second kappa shape index (κ2) is 5.23. The summed E-state index contributed by atoms with van der Waals surface area (Å²) in [5, 5.41) is 0. The molecule has 0 N–H and O–H groups in total. The van der Waals surface area contributed by atoms with Crippen molar-refractivity contribution in [3.05, 3.63) is 24.0 Å². The Balaban J connectivity index is 2.83. The van der Waals surface area contributed by atoms with Gasteiger partial charge in [-0.15, -0.1) is 5.46 Å². The molecule has 0 aliphatic rings. The Morgan fingerprint density at radius 3 is 2.50 bits per heavy atom. The van der Waals surface area contributed by atoms with E-state index < -0.39 is 18.3 Å². The number of halogens is 4. The van der Waals surface area contributed by atoms with Crippen LogP contribution in [-0.4, -0.2) is 13.6 Å². The molecular weight excluding hydrogens is 223 g/mol. The number of hydrogen-bond donors (Lipinski definition) is 0. The number of ether oxygens (including phenoxy) is 1. The first-order valence-corrected chi connectivity index (χ1v) is 5.07. The first-order valence-electron chi connectivity index (χ1n) is 5.07. The minimum absolute atomic E-state index is 0.224. The second-order valence-corrected chi connectivity index (χ2v) is 3.47. The van der Waals surface area contributed by atoms with Gasteiger partial charge in [0.05, 0.1) is 6.61 Å². The Labute approximate surface area is 91.5 Å². The molecule has 6 heteroatoms. The third-order valence-corrected chi connectivity index (χ3v) is 2.09. The lowest BCUT2D eigenvalue weighted by Gasteiger charge is -2.16. The van der Waals surface area contributed by atoms with Gasteiger partial charge in [-0.05, 0) is 18.6 Å². The molecule has 0 unspecified atom stereocenters. The van der Waals surface area contributed by atoms with E-state index in [1.807, 2.05) is 6.92 Å². The Morgan fingerprint density at radius 1 is 1.25 bits per heavy atom. The van der Waals surface area contributed by atoms with Gasteiger partial charge < -0.3 is 17.7 Å². The van der Waals surface area contributed by atoms with Crippen LogP contribution in [-0.2, 0) is 0 Å². The maximum Gasteiger partial charge on any atom is 0.509 e. The third-order valence-electron chi connectivity index (χ3n) is 2.09. The molecule has 0 aliphatic heterocycles. The highest BCUT2D eigenvalue weighted by Crippen LogP contribution is 2.18. The minimum atomic E-state index is -5.11. The summed E-state index contributed by atoms with van der Waals surface area (Å²) in [6, 6.07) is 2.22. The summed E-state index contributed by atoms with van der Waals surface area (Å²) in [4.78, 5) is 0. The van der Waals surface area contributed by atoms with Crippen LogP contribution in [0, 0.1) is 5.82 Å². The lowest BCUT2D eigenvalue weighted by Crippen LogP contribution is -2.34. The molecule has 0 amide bonds. The van der Waals surface area contributed by atoms with Gasteiger partial charge in [-0.2, -0.15) is 0 Å². The first kappa shape index (κ1) is 12.9. The second-order valence-electron chi connectivity index (χ2n) is 3.47. The Morgan fingerprint density at radius 2 is 1.94 bits per heavy atom. The molecule has 90 valence electrons. The fraction of sp³-hybridized carbons (Fsp3) is 0.400. The summed E-state index contributed by atoms with van der Waals surface area (Å²) in [7, 11) is 0. The lowest BCUT2D eigenvalue weighted by molar-refractivity contribution is 0.294. The molecule has 0 aliphatic carbocycles. The summed E-state index contributed by atoms with van der Waals surface area (Å²) in [6.45, 7) is -2.97. The predicted octanol–water partition coefficient (Wildman–Crippen LogP) is 3.06. The van der Waals surface area contributed by atoms with E-state index in [2.05, 4.69) is 0 Å². The van der Waals surface area contributed by atoms with Crippen molar-refractivity contribution in [1.82, 2.24) is 0 Å². The molecule has 0 bridgehead atoms. The van der Waals surface area contributed by atoms with Crippen LogP contribution in [0.1, 0.15) is 19.8 Å². The molecule has 0 heterocycles. The third kappa shape index (κ3) is 3.43. The van der Waals surface area contributed by atoms with Gasteiger partial charge in [-0.25, -0.2) is 4.39 Å². The molecule has 1 rings (SSSR count). The van der Waals surface area contributed by atoms with Crippen LogP contribution < -0.4 is 10.2 Å². The largest absolute Gasteiger partial charge is 0.509 e. The SMILES string of the molecule is CCCCOc1cc([B-](F)(F)F)ccc1F. The molecular formula is C10H12BF4O-. The zero-order chi connectivity index (χ0) is 12.2. The van der Waals surface area contributed by atoms with Crippen molar-refractivity contribution in [1.29, 1.82) is 0 Å². The quantitative estimate of drug-likeness (QED) is 0.433. The highest BCUT2D eigenvalue weighted by atomic mass is 19.4. The van der Waals surface area contributed by atoms with Gasteiger partial charge in [0.15, 0.2) is 11.6 Å². The first-order chi connectivity index (χ1) is 7.45. The van der Waals surface area contributed by atoms with Crippen molar-refractivity contribution >= 4 is 12.4 Å². The molecule has 0 saturated heterocycles. The monoisotopic (exact) mass is 235 g/mol. The molecule has 0 aromatic heterocycles. The number of benzene rings is 1. The zero-order valence-electron chi connectivity index (χ0n) is 8.85. The van der Waals surface area contributed by atoms with Crippen LogP contribution in [0.15, 0.2) is 18.2 Å². The van der Waals surface area contributed by atoms with Crippen LogP contribution in [0.2, 0.25) is 0 Å². The fourth-order valence-corrected chi connectivity index (χ4v) is 1.16. The zero-order valence-corrected chi connectivity index (χ0v) is 8.85. The summed E-state index contributed by atoms with van der Waals surface area (Å²) in [6.07, 6.45) is 1.52. The highest BCUT2D eigenvalue weighted by molar-refractivity contribution is 6.73. The summed E-state index contributed by atoms with van der Waals surface area (Å²) < 4.78 is 55.2. The average molecular weight is 235 g/mol. The van der Waals surface area contributed by atoms with Crippen LogP contribution in [0.4, 0.5) is 17.3 Å². The average Bonchev–Trinajstić information content (AvgIpc) is 2.19. The van der Waals surface area contributed by atoms with E-state index in [1.165, 1.54) is 0 Å². The number of unbranched alkanes of at least 4 members (excludes halogenated alkanes) is 1. The van der Waals surface area contributed by atoms with Crippen molar-refractivity contribution in [3.8, 4) is 5.75 Å². The molecule has 0 saturated carbocycles. The molecule has 0 fully saturated rings. The molecule has 0 spiro atoms. The van der Waals surface area contributed by atoms with Gasteiger partial charge in [0.1, 0.15) is 0 Å². The smallest absolute Gasteiger partial charge is 0.491 e. The van der Waals surface area contributed by atoms with E-state index in [1.54, 1.807) is 0 Å². The van der Waals surface area contributed by atoms with Crippen LogP contribution in [0.3, 0.4) is 0 Å². The highest BCUT2D eigenvalue weighted by Gasteiger charge is 2.26. The Bertz CT molecular complexity index is 351.